The van der Waals surface area contributed by atoms with Gasteiger partial charge in [0.2, 0.25) is 0 Å². The number of fused-ring (bicyclic) bond motifs is 1. The van der Waals surface area contributed by atoms with Gasteiger partial charge in [-0.1, -0.05) is 23.0 Å². The van der Waals surface area contributed by atoms with E-state index in [-0.39, 0.29) is 0 Å². The predicted octanol–water partition coefficient (Wildman–Crippen LogP) is 3.45. The Morgan fingerprint density at radius 1 is 1.31 bits per heavy atom. The molecule has 0 atom stereocenters. The fourth-order valence-electron chi connectivity index (χ4n) is 1.69. The minimum Gasteiger partial charge on any atom is -0.455 e. The van der Waals surface area contributed by atoms with E-state index in [4.69, 9.17) is 10.2 Å². The summed E-state index contributed by atoms with van der Waals surface area (Å²) in [5.74, 6) is 0.829. The minimum absolute atomic E-state index is 0.562. The summed E-state index contributed by atoms with van der Waals surface area (Å²) in [7, 11) is 0. The standard InChI is InChI=1S/C12H10N2OS/c1-7-2-3-9-8(4-7)5-10(15-9)11-6-14-12(13)16-11/h2-6H,1H3,(H2,13,14). The van der Waals surface area contributed by atoms with E-state index in [9.17, 15) is 0 Å². The van der Waals surface area contributed by atoms with Crippen molar-refractivity contribution in [3.8, 4) is 10.6 Å². The Morgan fingerprint density at radius 2 is 2.19 bits per heavy atom. The van der Waals surface area contributed by atoms with Crippen LogP contribution in [-0.2, 0) is 0 Å². The van der Waals surface area contributed by atoms with Gasteiger partial charge in [-0.25, -0.2) is 4.98 Å². The zero-order valence-electron chi connectivity index (χ0n) is 8.73. The Labute approximate surface area is 96.5 Å². The van der Waals surface area contributed by atoms with Crippen molar-refractivity contribution >= 4 is 27.4 Å². The van der Waals surface area contributed by atoms with Crippen molar-refractivity contribution in [2.24, 2.45) is 0 Å². The van der Waals surface area contributed by atoms with Crippen LogP contribution in [0.5, 0.6) is 0 Å². The van der Waals surface area contributed by atoms with E-state index in [1.54, 1.807) is 6.20 Å². The number of benzene rings is 1. The molecule has 0 spiro atoms. The second kappa shape index (κ2) is 3.35. The van der Waals surface area contributed by atoms with Gasteiger partial charge in [0.15, 0.2) is 5.13 Å². The van der Waals surface area contributed by atoms with E-state index in [1.807, 2.05) is 18.2 Å². The quantitative estimate of drug-likeness (QED) is 0.696. The number of hydrogen-bond acceptors (Lipinski definition) is 4. The molecule has 0 aliphatic carbocycles. The molecule has 2 aromatic heterocycles. The monoisotopic (exact) mass is 230 g/mol. The van der Waals surface area contributed by atoms with Crippen LogP contribution in [0.25, 0.3) is 21.6 Å². The van der Waals surface area contributed by atoms with E-state index in [2.05, 4.69) is 18.0 Å². The van der Waals surface area contributed by atoms with Gasteiger partial charge in [0.05, 0.1) is 11.1 Å². The third-order valence-electron chi connectivity index (χ3n) is 2.44. The Hall–Kier alpha value is -1.81. The highest BCUT2D eigenvalue weighted by atomic mass is 32.1. The first-order valence-electron chi connectivity index (χ1n) is 4.94. The molecule has 16 heavy (non-hydrogen) atoms. The number of nitrogen functional groups attached to an aromatic ring is 1. The summed E-state index contributed by atoms with van der Waals surface area (Å²) in [5, 5.41) is 1.67. The van der Waals surface area contributed by atoms with Crippen LogP contribution in [-0.4, -0.2) is 4.98 Å². The topological polar surface area (TPSA) is 52.0 Å². The van der Waals surface area contributed by atoms with Gasteiger partial charge in [0, 0.05) is 5.39 Å². The van der Waals surface area contributed by atoms with Crippen LogP contribution in [0, 0.1) is 6.92 Å². The number of hydrogen-bond donors (Lipinski definition) is 1. The first-order valence-corrected chi connectivity index (χ1v) is 5.76. The Bertz CT molecular complexity index is 654. The molecule has 80 valence electrons. The molecule has 0 bridgehead atoms. The van der Waals surface area contributed by atoms with Crippen LogP contribution < -0.4 is 5.73 Å². The summed E-state index contributed by atoms with van der Waals surface area (Å²) < 4.78 is 5.74. The molecule has 1 aromatic carbocycles. The van der Waals surface area contributed by atoms with Gasteiger partial charge >= 0.3 is 0 Å². The van der Waals surface area contributed by atoms with Crippen LogP contribution in [0.1, 0.15) is 5.56 Å². The summed E-state index contributed by atoms with van der Waals surface area (Å²) in [5.41, 5.74) is 7.72. The van der Waals surface area contributed by atoms with E-state index in [1.165, 1.54) is 16.9 Å². The number of aryl methyl sites for hydroxylation is 1. The van der Waals surface area contributed by atoms with Crippen LogP contribution in [0.15, 0.2) is 34.9 Å². The smallest absolute Gasteiger partial charge is 0.180 e. The number of aromatic nitrogens is 1. The van der Waals surface area contributed by atoms with Gasteiger partial charge in [-0.15, -0.1) is 0 Å². The number of anilines is 1. The van der Waals surface area contributed by atoms with E-state index in [0.29, 0.717) is 5.13 Å². The van der Waals surface area contributed by atoms with Crippen LogP contribution in [0.3, 0.4) is 0 Å². The molecule has 0 saturated heterocycles. The average molecular weight is 230 g/mol. The molecule has 0 unspecified atom stereocenters. The van der Waals surface area contributed by atoms with Crippen molar-refractivity contribution in [3.63, 3.8) is 0 Å². The summed E-state index contributed by atoms with van der Waals surface area (Å²) in [6, 6.07) is 8.15. The predicted molar refractivity (Wildman–Crippen MR) is 66.5 cm³/mol. The van der Waals surface area contributed by atoms with Crippen molar-refractivity contribution in [2.75, 3.05) is 5.73 Å². The number of nitrogens with zero attached hydrogens (tertiary/aromatic N) is 1. The molecule has 2 N–H and O–H groups in total. The zero-order valence-corrected chi connectivity index (χ0v) is 9.54. The highest BCUT2D eigenvalue weighted by Gasteiger charge is 2.08. The van der Waals surface area contributed by atoms with Gasteiger partial charge in [-0.2, -0.15) is 0 Å². The molecule has 4 heteroatoms. The summed E-state index contributed by atoms with van der Waals surface area (Å²) >= 11 is 1.43. The third-order valence-corrected chi connectivity index (χ3v) is 3.28. The van der Waals surface area contributed by atoms with Gasteiger partial charge in [0.1, 0.15) is 11.3 Å². The molecule has 0 aliphatic heterocycles. The van der Waals surface area contributed by atoms with Gasteiger partial charge < -0.3 is 10.2 Å². The van der Waals surface area contributed by atoms with Crippen LogP contribution in [0.4, 0.5) is 5.13 Å². The third kappa shape index (κ3) is 1.47. The maximum Gasteiger partial charge on any atom is 0.180 e. The fourth-order valence-corrected chi connectivity index (χ4v) is 2.32. The van der Waals surface area contributed by atoms with Crippen molar-refractivity contribution in [1.29, 1.82) is 0 Å². The Kier molecular flexibility index (Phi) is 1.97. The molecular formula is C12H10N2OS. The Morgan fingerprint density at radius 3 is 2.94 bits per heavy atom. The van der Waals surface area contributed by atoms with Crippen LogP contribution >= 0.6 is 11.3 Å². The molecule has 2 heterocycles. The molecule has 0 fully saturated rings. The van der Waals surface area contributed by atoms with Gasteiger partial charge in [0.25, 0.3) is 0 Å². The second-order valence-corrected chi connectivity index (χ2v) is 4.78. The summed E-state index contributed by atoms with van der Waals surface area (Å²) in [6.45, 7) is 2.07. The molecule has 0 amide bonds. The number of nitrogens with two attached hydrogens (primary N) is 1. The molecule has 0 saturated carbocycles. The molecule has 0 radical (unpaired) electrons. The minimum atomic E-state index is 0.562. The van der Waals surface area contributed by atoms with Crippen molar-refractivity contribution in [2.45, 2.75) is 6.92 Å². The maximum absolute atomic E-state index is 5.74. The second-order valence-electron chi connectivity index (χ2n) is 3.71. The fraction of sp³-hybridized carbons (Fsp3) is 0.0833. The van der Waals surface area contributed by atoms with Crippen molar-refractivity contribution < 1.29 is 4.42 Å². The van der Waals surface area contributed by atoms with E-state index < -0.39 is 0 Å². The molecule has 3 rings (SSSR count). The average Bonchev–Trinajstić information content (AvgIpc) is 2.83. The highest BCUT2D eigenvalue weighted by Crippen LogP contribution is 2.32. The number of thiazole rings is 1. The lowest BCUT2D eigenvalue weighted by molar-refractivity contribution is 0.633. The molecule has 0 aliphatic rings. The van der Waals surface area contributed by atoms with Gasteiger partial charge in [-0.3, -0.25) is 0 Å². The lowest BCUT2D eigenvalue weighted by Gasteiger charge is -1.89. The lowest BCUT2D eigenvalue weighted by Crippen LogP contribution is -1.77. The summed E-state index contributed by atoms with van der Waals surface area (Å²) in [4.78, 5) is 4.98. The SMILES string of the molecule is Cc1ccc2oc(-c3cnc(N)s3)cc2c1. The number of furan rings is 1. The number of rotatable bonds is 1. The van der Waals surface area contributed by atoms with Crippen LogP contribution in [0.2, 0.25) is 0 Å². The highest BCUT2D eigenvalue weighted by molar-refractivity contribution is 7.18. The molecule has 3 aromatic rings. The van der Waals surface area contributed by atoms with Gasteiger partial charge in [-0.05, 0) is 25.1 Å². The first-order chi connectivity index (χ1) is 7.72. The molecule has 3 nitrogen and oxygen atoms in total. The van der Waals surface area contributed by atoms with E-state index >= 15 is 0 Å². The first kappa shape index (κ1) is 9.42. The van der Waals surface area contributed by atoms with Crippen molar-refractivity contribution in [1.82, 2.24) is 4.98 Å². The Balaban J connectivity index is 2.18. The maximum atomic E-state index is 5.74. The zero-order chi connectivity index (χ0) is 11.1. The summed E-state index contributed by atoms with van der Waals surface area (Å²) in [6.07, 6.45) is 1.74. The van der Waals surface area contributed by atoms with Crippen molar-refractivity contribution in [3.05, 3.63) is 36.0 Å². The lowest BCUT2D eigenvalue weighted by atomic mass is 10.2. The van der Waals surface area contributed by atoms with E-state index in [0.717, 1.165) is 21.6 Å². The largest absolute Gasteiger partial charge is 0.455 e. The normalized spacial score (nSPS) is 11.1. The molecular weight excluding hydrogens is 220 g/mol.